The Morgan fingerprint density at radius 1 is 1.19 bits per heavy atom. The van der Waals surface area contributed by atoms with E-state index in [-0.39, 0.29) is 0 Å². The van der Waals surface area contributed by atoms with E-state index in [4.69, 9.17) is 0 Å². The molecular formula is C16H31N5. The molecule has 0 aromatic carbocycles. The van der Waals surface area contributed by atoms with Gasteiger partial charge in [0.1, 0.15) is 0 Å². The minimum Gasteiger partial charge on any atom is -0.306 e. The monoisotopic (exact) mass is 293 g/mol. The average Bonchev–Trinajstić information content (AvgIpc) is 2.75. The van der Waals surface area contributed by atoms with Crippen LogP contribution in [0.2, 0.25) is 0 Å². The molecule has 0 atom stereocenters. The first kappa shape index (κ1) is 16.5. The number of aromatic nitrogens is 2. The summed E-state index contributed by atoms with van der Waals surface area (Å²) in [5.41, 5.74) is 2.48. The molecule has 1 aromatic heterocycles. The fourth-order valence-corrected chi connectivity index (χ4v) is 3.09. The van der Waals surface area contributed by atoms with Crippen LogP contribution in [0.1, 0.15) is 24.1 Å². The van der Waals surface area contributed by atoms with Crippen LogP contribution >= 0.6 is 0 Å². The van der Waals surface area contributed by atoms with Crippen LogP contribution in [0.25, 0.3) is 0 Å². The van der Waals surface area contributed by atoms with Gasteiger partial charge in [0.2, 0.25) is 0 Å². The largest absolute Gasteiger partial charge is 0.306 e. The molecule has 2 heterocycles. The molecule has 0 bridgehead atoms. The molecule has 120 valence electrons. The third-order valence-electron chi connectivity index (χ3n) is 4.68. The van der Waals surface area contributed by atoms with Crippen LogP contribution in [0.3, 0.4) is 0 Å². The molecule has 0 N–H and O–H groups in total. The van der Waals surface area contributed by atoms with Gasteiger partial charge in [0, 0.05) is 38.9 Å². The molecule has 0 radical (unpaired) electrons. The summed E-state index contributed by atoms with van der Waals surface area (Å²) in [5, 5.41) is 4.53. The van der Waals surface area contributed by atoms with Crippen molar-refractivity contribution in [3.63, 3.8) is 0 Å². The van der Waals surface area contributed by atoms with Crippen LogP contribution in [0.15, 0.2) is 6.20 Å². The van der Waals surface area contributed by atoms with E-state index >= 15 is 0 Å². The first-order valence-electron chi connectivity index (χ1n) is 8.02. The average molecular weight is 293 g/mol. The lowest BCUT2D eigenvalue weighted by Gasteiger charge is -2.35. The maximum atomic E-state index is 4.53. The van der Waals surface area contributed by atoms with E-state index in [1.54, 1.807) is 0 Å². The quantitative estimate of drug-likeness (QED) is 0.787. The van der Waals surface area contributed by atoms with E-state index in [1.165, 1.54) is 37.2 Å². The highest BCUT2D eigenvalue weighted by atomic mass is 15.3. The maximum Gasteiger partial charge on any atom is 0.0793 e. The van der Waals surface area contributed by atoms with E-state index in [0.29, 0.717) is 0 Å². The highest BCUT2D eigenvalue weighted by Gasteiger charge is 2.20. The minimum absolute atomic E-state index is 0.756. The van der Waals surface area contributed by atoms with Crippen LogP contribution in [0, 0.1) is 6.92 Å². The molecule has 1 aliphatic rings. The third-order valence-corrected chi connectivity index (χ3v) is 4.68. The van der Waals surface area contributed by atoms with Gasteiger partial charge in [0.05, 0.1) is 5.69 Å². The summed E-state index contributed by atoms with van der Waals surface area (Å²) in [4.78, 5) is 7.34. The lowest BCUT2D eigenvalue weighted by molar-refractivity contribution is 0.132. The van der Waals surface area contributed by atoms with E-state index in [9.17, 15) is 0 Å². The number of piperidine rings is 1. The molecule has 5 nitrogen and oxygen atoms in total. The van der Waals surface area contributed by atoms with Crippen molar-refractivity contribution in [2.45, 2.75) is 32.4 Å². The van der Waals surface area contributed by atoms with E-state index in [0.717, 1.165) is 25.7 Å². The zero-order valence-corrected chi connectivity index (χ0v) is 14.3. The van der Waals surface area contributed by atoms with Crippen molar-refractivity contribution in [2.24, 2.45) is 7.05 Å². The standard InChI is InChI=1S/C16H31N5/c1-14-12-21(5)17-16(14)13-19(3)10-11-20(4)15-6-8-18(2)9-7-15/h12,15H,6-11,13H2,1-5H3. The van der Waals surface area contributed by atoms with Crippen LogP contribution < -0.4 is 0 Å². The number of aryl methyl sites for hydroxylation is 2. The number of hydrogen-bond donors (Lipinski definition) is 0. The summed E-state index contributed by atoms with van der Waals surface area (Å²) < 4.78 is 1.91. The number of likely N-dealkylation sites (tertiary alicyclic amines) is 1. The Kier molecular flexibility index (Phi) is 5.79. The van der Waals surface area contributed by atoms with Gasteiger partial charge in [-0.2, -0.15) is 5.10 Å². The van der Waals surface area contributed by atoms with Crippen LogP contribution in [-0.4, -0.2) is 77.8 Å². The number of likely N-dealkylation sites (N-methyl/N-ethyl adjacent to an activating group) is 2. The van der Waals surface area contributed by atoms with Crippen LogP contribution in [0.5, 0.6) is 0 Å². The normalized spacial score (nSPS) is 18.0. The molecule has 0 unspecified atom stereocenters. The predicted octanol–water partition coefficient (Wildman–Crippen LogP) is 1.19. The summed E-state index contributed by atoms with van der Waals surface area (Å²) in [5.74, 6) is 0. The topological polar surface area (TPSA) is 27.5 Å². The highest BCUT2D eigenvalue weighted by Crippen LogP contribution is 2.14. The second-order valence-corrected chi connectivity index (χ2v) is 6.69. The minimum atomic E-state index is 0.756. The Morgan fingerprint density at radius 2 is 1.86 bits per heavy atom. The zero-order valence-electron chi connectivity index (χ0n) is 14.3. The van der Waals surface area contributed by atoms with Crippen LogP contribution in [-0.2, 0) is 13.6 Å². The summed E-state index contributed by atoms with van der Waals surface area (Å²) >= 11 is 0. The van der Waals surface area contributed by atoms with Gasteiger partial charge in [0.25, 0.3) is 0 Å². The molecule has 0 amide bonds. The lowest BCUT2D eigenvalue weighted by Crippen LogP contribution is -2.44. The van der Waals surface area contributed by atoms with Gasteiger partial charge in [-0.1, -0.05) is 0 Å². The van der Waals surface area contributed by atoms with Gasteiger partial charge in [-0.3, -0.25) is 9.58 Å². The van der Waals surface area contributed by atoms with E-state index < -0.39 is 0 Å². The number of rotatable bonds is 6. The summed E-state index contributed by atoms with van der Waals surface area (Å²) in [7, 11) is 8.68. The summed E-state index contributed by atoms with van der Waals surface area (Å²) in [6.07, 6.45) is 4.69. The molecule has 1 saturated heterocycles. The summed E-state index contributed by atoms with van der Waals surface area (Å²) in [6, 6.07) is 0.756. The molecule has 5 heteroatoms. The van der Waals surface area contributed by atoms with Crippen molar-refractivity contribution in [3.05, 3.63) is 17.5 Å². The smallest absolute Gasteiger partial charge is 0.0793 e. The first-order valence-corrected chi connectivity index (χ1v) is 8.02. The Morgan fingerprint density at radius 3 is 2.43 bits per heavy atom. The predicted molar refractivity (Wildman–Crippen MR) is 87.4 cm³/mol. The van der Waals surface area contributed by atoms with Gasteiger partial charge < -0.3 is 9.80 Å². The Hall–Kier alpha value is -0.910. The lowest BCUT2D eigenvalue weighted by atomic mass is 10.0. The van der Waals surface area contributed by atoms with E-state index in [1.807, 2.05) is 11.7 Å². The second-order valence-electron chi connectivity index (χ2n) is 6.69. The van der Waals surface area contributed by atoms with Crippen molar-refractivity contribution in [1.29, 1.82) is 0 Å². The molecule has 1 fully saturated rings. The number of hydrogen-bond acceptors (Lipinski definition) is 4. The molecular weight excluding hydrogens is 262 g/mol. The second kappa shape index (κ2) is 7.38. The van der Waals surface area contributed by atoms with Crippen molar-refractivity contribution < 1.29 is 0 Å². The van der Waals surface area contributed by atoms with Gasteiger partial charge >= 0.3 is 0 Å². The molecule has 2 rings (SSSR count). The SMILES string of the molecule is Cc1cn(C)nc1CN(C)CCN(C)C1CCN(C)CC1. The van der Waals surface area contributed by atoms with Crippen molar-refractivity contribution in [3.8, 4) is 0 Å². The van der Waals surface area contributed by atoms with E-state index in [2.05, 4.69) is 54.1 Å². The van der Waals surface area contributed by atoms with Gasteiger partial charge in [-0.15, -0.1) is 0 Å². The Bertz CT molecular complexity index is 434. The Balaban J connectivity index is 1.73. The molecule has 21 heavy (non-hydrogen) atoms. The molecule has 0 spiro atoms. The van der Waals surface area contributed by atoms with Gasteiger partial charge in [0.15, 0.2) is 0 Å². The number of nitrogens with zero attached hydrogens (tertiary/aromatic N) is 5. The van der Waals surface area contributed by atoms with Crippen molar-refractivity contribution >= 4 is 0 Å². The molecule has 1 aliphatic heterocycles. The van der Waals surface area contributed by atoms with Gasteiger partial charge in [-0.25, -0.2) is 0 Å². The molecule has 0 saturated carbocycles. The van der Waals surface area contributed by atoms with Gasteiger partial charge in [-0.05, 0) is 59.6 Å². The van der Waals surface area contributed by atoms with Crippen molar-refractivity contribution in [1.82, 2.24) is 24.5 Å². The molecule has 0 aliphatic carbocycles. The third kappa shape index (κ3) is 4.80. The first-order chi connectivity index (χ1) is 9.95. The fourth-order valence-electron chi connectivity index (χ4n) is 3.09. The summed E-state index contributed by atoms with van der Waals surface area (Å²) in [6.45, 7) is 7.78. The molecule has 1 aromatic rings. The van der Waals surface area contributed by atoms with Crippen LogP contribution in [0.4, 0.5) is 0 Å². The fraction of sp³-hybridized carbons (Fsp3) is 0.812. The van der Waals surface area contributed by atoms with Crippen molar-refractivity contribution in [2.75, 3.05) is 47.3 Å². The highest BCUT2D eigenvalue weighted by molar-refractivity contribution is 5.14. The zero-order chi connectivity index (χ0) is 15.4. The maximum absolute atomic E-state index is 4.53. The Labute approximate surface area is 129 Å².